The van der Waals surface area contributed by atoms with Crippen molar-refractivity contribution in [2.45, 2.75) is 13.0 Å². The molecular weight excluding hydrogens is 277 g/mol. The van der Waals surface area contributed by atoms with Gasteiger partial charge in [-0.05, 0) is 36.2 Å². The Morgan fingerprint density at radius 2 is 2.00 bits per heavy atom. The van der Waals surface area contributed by atoms with Crippen LogP contribution < -0.4 is 5.73 Å². The SMILES string of the molecule is Cc1cc(C(N)c2cc3cccc(F)c3o2)ccc1Cl. The maximum atomic E-state index is 13.6. The third-order valence-electron chi connectivity index (χ3n) is 3.36. The molecule has 102 valence electrons. The molecule has 3 rings (SSSR count). The van der Waals surface area contributed by atoms with Crippen LogP contribution in [0.1, 0.15) is 22.9 Å². The summed E-state index contributed by atoms with van der Waals surface area (Å²) in [6, 6.07) is 11.7. The predicted octanol–water partition coefficient (Wildman–Crippen LogP) is 4.58. The fraction of sp³-hybridized carbons (Fsp3) is 0.125. The van der Waals surface area contributed by atoms with Crippen molar-refractivity contribution in [1.29, 1.82) is 0 Å². The first kappa shape index (κ1) is 13.2. The van der Waals surface area contributed by atoms with Crippen molar-refractivity contribution in [3.63, 3.8) is 0 Å². The number of benzene rings is 2. The number of aryl methyl sites for hydroxylation is 1. The Labute approximate surface area is 121 Å². The number of para-hydroxylation sites is 1. The van der Waals surface area contributed by atoms with E-state index in [1.165, 1.54) is 6.07 Å². The minimum absolute atomic E-state index is 0.239. The number of halogens is 2. The zero-order chi connectivity index (χ0) is 14.3. The molecule has 0 saturated carbocycles. The summed E-state index contributed by atoms with van der Waals surface area (Å²) >= 11 is 6.00. The van der Waals surface area contributed by atoms with Gasteiger partial charge in [0.2, 0.25) is 0 Å². The minimum Gasteiger partial charge on any atom is -0.456 e. The number of nitrogens with two attached hydrogens (primary N) is 1. The Bertz CT molecular complexity index is 781. The van der Waals surface area contributed by atoms with E-state index in [9.17, 15) is 4.39 Å². The lowest BCUT2D eigenvalue weighted by Gasteiger charge is -2.10. The van der Waals surface area contributed by atoms with Crippen LogP contribution in [0.5, 0.6) is 0 Å². The molecule has 0 saturated heterocycles. The van der Waals surface area contributed by atoms with E-state index in [4.69, 9.17) is 21.8 Å². The van der Waals surface area contributed by atoms with Gasteiger partial charge < -0.3 is 10.2 Å². The highest BCUT2D eigenvalue weighted by Crippen LogP contribution is 2.29. The first-order valence-electron chi connectivity index (χ1n) is 6.26. The molecule has 0 amide bonds. The summed E-state index contributed by atoms with van der Waals surface area (Å²) in [6.07, 6.45) is 0. The lowest BCUT2D eigenvalue weighted by atomic mass is 10.0. The van der Waals surface area contributed by atoms with Crippen molar-refractivity contribution in [3.8, 4) is 0 Å². The van der Waals surface area contributed by atoms with Gasteiger partial charge in [-0.2, -0.15) is 0 Å². The fourth-order valence-electron chi connectivity index (χ4n) is 2.23. The summed E-state index contributed by atoms with van der Waals surface area (Å²) in [5, 5.41) is 1.40. The molecule has 0 radical (unpaired) electrons. The zero-order valence-corrected chi connectivity index (χ0v) is 11.6. The highest BCUT2D eigenvalue weighted by atomic mass is 35.5. The lowest BCUT2D eigenvalue weighted by Crippen LogP contribution is -2.10. The molecule has 2 N–H and O–H groups in total. The Morgan fingerprint density at radius 1 is 1.20 bits per heavy atom. The molecule has 0 aliphatic rings. The van der Waals surface area contributed by atoms with E-state index in [0.29, 0.717) is 16.2 Å². The third-order valence-corrected chi connectivity index (χ3v) is 3.79. The Hall–Kier alpha value is -1.84. The van der Waals surface area contributed by atoms with Crippen LogP contribution in [0.25, 0.3) is 11.0 Å². The molecule has 1 atom stereocenters. The number of fused-ring (bicyclic) bond motifs is 1. The van der Waals surface area contributed by atoms with Gasteiger partial charge in [-0.3, -0.25) is 0 Å². The Kier molecular flexibility index (Phi) is 3.24. The van der Waals surface area contributed by atoms with Gasteiger partial charge in [-0.15, -0.1) is 0 Å². The molecule has 0 aliphatic carbocycles. The molecule has 2 aromatic carbocycles. The molecule has 20 heavy (non-hydrogen) atoms. The molecular formula is C16H13ClFNO. The van der Waals surface area contributed by atoms with Crippen LogP contribution in [0, 0.1) is 12.7 Å². The van der Waals surface area contributed by atoms with Crippen LogP contribution in [0.4, 0.5) is 4.39 Å². The van der Waals surface area contributed by atoms with Crippen molar-refractivity contribution < 1.29 is 8.81 Å². The first-order chi connectivity index (χ1) is 9.56. The van der Waals surface area contributed by atoms with Crippen molar-refractivity contribution in [2.75, 3.05) is 0 Å². The van der Waals surface area contributed by atoms with Crippen LogP contribution in [0.2, 0.25) is 5.02 Å². The van der Waals surface area contributed by atoms with Crippen molar-refractivity contribution >= 4 is 22.6 Å². The van der Waals surface area contributed by atoms with E-state index in [2.05, 4.69) is 0 Å². The van der Waals surface area contributed by atoms with E-state index in [0.717, 1.165) is 11.1 Å². The monoisotopic (exact) mass is 289 g/mol. The predicted molar refractivity (Wildman–Crippen MR) is 78.4 cm³/mol. The van der Waals surface area contributed by atoms with Gasteiger partial charge in [0.25, 0.3) is 0 Å². The van der Waals surface area contributed by atoms with E-state index >= 15 is 0 Å². The summed E-state index contributed by atoms with van der Waals surface area (Å²) in [6.45, 7) is 1.91. The van der Waals surface area contributed by atoms with Crippen LogP contribution in [-0.4, -0.2) is 0 Å². The van der Waals surface area contributed by atoms with Crippen molar-refractivity contribution in [2.24, 2.45) is 5.73 Å². The second-order valence-electron chi connectivity index (χ2n) is 4.79. The molecule has 0 spiro atoms. The Balaban J connectivity index is 2.05. The number of hydrogen-bond acceptors (Lipinski definition) is 2. The first-order valence-corrected chi connectivity index (χ1v) is 6.63. The van der Waals surface area contributed by atoms with E-state index in [1.807, 2.05) is 19.1 Å². The van der Waals surface area contributed by atoms with Gasteiger partial charge in [0.1, 0.15) is 5.76 Å². The molecule has 0 aliphatic heterocycles. The summed E-state index contributed by atoms with van der Waals surface area (Å²) in [5.74, 6) is 0.153. The van der Waals surface area contributed by atoms with Gasteiger partial charge in [0.15, 0.2) is 11.4 Å². The number of hydrogen-bond donors (Lipinski definition) is 1. The van der Waals surface area contributed by atoms with Gasteiger partial charge >= 0.3 is 0 Å². The van der Waals surface area contributed by atoms with Crippen LogP contribution in [0.3, 0.4) is 0 Å². The summed E-state index contributed by atoms with van der Waals surface area (Å²) in [7, 11) is 0. The van der Waals surface area contributed by atoms with E-state index < -0.39 is 6.04 Å². The maximum absolute atomic E-state index is 13.6. The smallest absolute Gasteiger partial charge is 0.169 e. The molecule has 2 nitrogen and oxygen atoms in total. The van der Waals surface area contributed by atoms with E-state index in [-0.39, 0.29) is 11.4 Å². The summed E-state index contributed by atoms with van der Waals surface area (Å²) in [5.41, 5.74) is 8.26. The quantitative estimate of drug-likeness (QED) is 0.750. The third kappa shape index (κ3) is 2.19. The van der Waals surface area contributed by atoms with Crippen molar-refractivity contribution in [3.05, 3.63) is 70.2 Å². The second-order valence-corrected chi connectivity index (χ2v) is 5.20. The molecule has 0 bridgehead atoms. The lowest BCUT2D eigenvalue weighted by molar-refractivity contribution is 0.502. The van der Waals surface area contributed by atoms with Gasteiger partial charge in [-0.25, -0.2) is 4.39 Å². The summed E-state index contributed by atoms with van der Waals surface area (Å²) in [4.78, 5) is 0. The van der Waals surface area contributed by atoms with Gasteiger partial charge in [-0.1, -0.05) is 35.9 Å². The van der Waals surface area contributed by atoms with Crippen LogP contribution in [-0.2, 0) is 0 Å². The molecule has 4 heteroatoms. The standard InChI is InChI=1S/C16H13ClFNO/c1-9-7-10(5-6-12(9)17)15(19)14-8-11-3-2-4-13(18)16(11)20-14/h2-8,15H,19H2,1H3. The molecule has 1 unspecified atom stereocenters. The second kappa shape index (κ2) is 4.93. The Morgan fingerprint density at radius 3 is 2.70 bits per heavy atom. The highest BCUT2D eigenvalue weighted by Gasteiger charge is 2.16. The average molecular weight is 290 g/mol. The van der Waals surface area contributed by atoms with Gasteiger partial charge in [0, 0.05) is 10.4 Å². The molecule has 0 fully saturated rings. The molecule has 1 heterocycles. The number of furan rings is 1. The largest absolute Gasteiger partial charge is 0.456 e. The van der Waals surface area contributed by atoms with Crippen molar-refractivity contribution in [1.82, 2.24) is 0 Å². The minimum atomic E-state index is -0.447. The maximum Gasteiger partial charge on any atom is 0.169 e. The summed E-state index contributed by atoms with van der Waals surface area (Å²) < 4.78 is 19.2. The number of rotatable bonds is 2. The molecule has 1 aromatic heterocycles. The van der Waals surface area contributed by atoms with E-state index in [1.54, 1.807) is 24.3 Å². The topological polar surface area (TPSA) is 39.2 Å². The zero-order valence-electron chi connectivity index (χ0n) is 10.9. The highest BCUT2D eigenvalue weighted by molar-refractivity contribution is 6.31. The average Bonchev–Trinajstić information content (AvgIpc) is 2.86. The van der Waals surface area contributed by atoms with Crippen LogP contribution >= 0.6 is 11.6 Å². The van der Waals surface area contributed by atoms with Crippen LogP contribution in [0.15, 0.2) is 46.9 Å². The normalized spacial score (nSPS) is 12.8. The fourth-order valence-corrected chi connectivity index (χ4v) is 2.34. The van der Waals surface area contributed by atoms with Gasteiger partial charge in [0.05, 0.1) is 6.04 Å². The molecule has 3 aromatic rings.